The van der Waals surface area contributed by atoms with E-state index in [1.165, 1.54) is 0 Å². The molecular weight excluding hydrogens is 382 g/mol. The molecule has 0 amide bonds. The first-order valence-corrected chi connectivity index (χ1v) is 9.29. The summed E-state index contributed by atoms with van der Waals surface area (Å²) >= 11 is 10.5. The number of thiol groups is 1. The maximum atomic E-state index is 13.3. The Morgan fingerprint density at radius 1 is 1.26 bits per heavy atom. The van der Waals surface area contributed by atoms with E-state index >= 15 is 0 Å². The lowest BCUT2D eigenvalue weighted by molar-refractivity contribution is 0.103. The first kappa shape index (κ1) is 17.8. The molecule has 8 heteroatoms. The van der Waals surface area contributed by atoms with Gasteiger partial charge in [0.1, 0.15) is 17.3 Å². The zero-order valence-corrected chi connectivity index (χ0v) is 16.4. The normalized spacial score (nSPS) is 11.3. The molecule has 0 bridgehead atoms. The third kappa shape index (κ3) is 3.02. The Bertz CT molecular complexity index is 1180. The lowest BCUT2D eigenvalue weighted by Gasteiger charge is -2.10. The summed E-state index contributed by atoms with van der Waals surface area (Å²) in [5.74, 6) is 1.53. The number of hydrogen-bond donors (Lipinski definition) is 1. The molecule has 27 heavy (non-hydrogen) atoms. The number of nitrogens with zero attached hydrogens (tertiary/aromatic N) is 5. The SMILES string of the molecule is Cc1cc(-n2c(C(=O)c3ccccc3Cl)cc3cnc(CS)nc32)n(C)n1. The lowest BCUT2D eigenvalue weighted by Crippen LogP contribution is -2.13. The number of fused-ring (bicyclic) bond motifs is 1. The fraction of sp³-hybridized carbons (Fsp3) is 0.158. The Morgan fingerprint density at radius 2 is 2.04 bits per heavy atom. The maximum absolute atomic E-state index is 13.3. The molecule has 3 aromatic heterocycles. The predicted molar refractivity (Wildman–Crippen MR) is 108 cm³/mol. The Balaban J connectivity index is 2.03. The van der Waals surface area contributed by atoms with Gasteiger partial charge in [0.15, 0.2) is 0 Å². The van der Waals surface area contributed by atoms with Gasteiger partial charge in [0.05, 0.1) is 22.2 Å². The third-order valence-electron chi connectivity index (χ3n) is 4.29. The molecule has 0 saturated carbocycles. The van der Waals surface area contributed by atoms with Gasteiger partial charge in [0, 0.05) is 30.3 Å². The second-order valence-corrected chi connectivity index (χ2v) is 6.89. The zero-order chi connectivity index (χ0) is 19.1. The molecule has 0 spiro atoms. The summed E-state index contributed by atoms with van der Waals surface area (Å²) in [6.07, 6.45) is 1.71. The van der Waals surface area contributed by atoms with Crippen molar-refractivity contribution in [3.05, 3.63) is 70.4 Å². The molecule has 136 valence electrons. The molecule has 0 unspecified atom stereocenters. The van der Waals surface area contributed by atoms with E-state index in [0.29, 0.717) is 33.5 Å². The maximum Gasteiger partial charge on any atom is 0.211 e. The van der Waals surface area contributed by atoms with Gasteiger partial charge in [-0.3, -0.25) is 14.0 Å². The van der Waals surface area contributed by atoms with Crippen molar-refractivity contribution in [2.45, 2.75) is 12.7 Å². The highest BCUT2D eigenvalue weighted by atomic mass is 35.5. The highest BCUT2D eigenvalue weighted by Gasteiger charge is 2.23. The summed E-state index contributed by atoms with van der Waals surface area (Å²) in [7, 11) is 1.83. The van der Waals surface area contributed by atoms with Crippen molar-refractivity contribution < 1.29 is 4.79 Å². The van der Waals surface area contributed by atoms with Crippen molar-refractivity contribution in [2.24, 2.45) is 7.05 Å². The van der Waals surface area contributed by atoms with E-state index in [-0.39, 0.29) is 5.78 Å². The number of carbonyl (C=O) groups is 1. The molecule has 1 aromatic carbocycles. The van der Waals surface area contributed by atoms with Crippen LogP contribution in [-0.4, -0.2) is 30.1 Å². The van der Waals surface area contributed by atoms with Crippen LogP contribution in [0.1, 0.15) is 27.6 Å². The van der Waals surface area contributed by atoms with Crippen LogP contribution in [0.4, 0.5) is 0 Å². The van der Waals surface area contributed by atoms with Gasteiger partial charge in [-0.25, -0.2) is 9.97 Å². The van der Waals surface area contributed by atoms with E-state index in [0.717, 1.165) is 16.9 Å². The van der Waals surface area contributed by atoms with Crippen LogP contribution in [0.2, 0.25) is 5.02 Å². The van der Waals surface area contributed by atoms with E-state index in [9.17, 15) is 4.79 Å². The second-order valence-electron chi connectivity index (χ2n) is 6.16. The quantitative estimate of drug-likeness (QED) is 0.420. The van der Waals surface area contributed by atoms with Gasteiger partial charge in [0.25, 0.3) is 0 Å². The van der Waals surface area contributed by atoms with Crippen LogP contribution in [0.25, 0.3) is 16.9 Å². The first-order chi connectivity index (χ1) is 13.0. The number of aromatic nitrogens is 5. The number of aryl methyl sites for hydroxylation is 2. The van der Waals surface area contributed by atoms with Gasteiger partial charge >= 0.3 is 0 Å². The minimum Gasteiger partial charge on any atom is -0.287 e. The summed E-state index contributed by atoms with van der Waals surface area (Å²) in [5.41, 5.74) is 2.36. The molecule has 0 aliphatic rings. The minimum absolute atomic E-state index is 0.190. The predicted octanol–water partition coefficient (Wildman–Crippen LogP) is 3.78. The van der Waals surface area contributed by atoms with Gasteiger partial charge in [0.2, 0.25) is 5.78 Å². The van der Waals surface area contributed by atoms with E-state index in [1.54, 1.807) is 45.8 Å². The van der Waals surface area contributed by atoms with Crippen molar-refractivity contribution in [1.29, 1.82) is 0 Å². The second kappa shape index (κ2) is 6.83. The van der Waals surface area contributed by atoms with E-state index in [4.69, 9.17) is 11.6 Å². The Hall–Kier alpha value is -2.64. The number of hydrogen-bond acceptors (Lipinski definition) is 5. The summed E-state index contributed by atoms with van der Waals surface area (Å²) in [6.45, 7) is 1.90. The molecule has 4 aromatic rings. The average Bonchev–Trinajstić information content (AvgIpc) is 3.19. The Morgan fingerprint density at radius 3 is 2.70 bits per heavy atom. The van der Waals surface area contributed by atoms with Crippen molar-refractivity contribution in [1.82, 2.24) is 24.3 Å². The number of ketones is 1. The van der Waals surface area contributed by atoms with E-state index in [2.05, 4.69) is 27.7 Å². The van der Waals surface area contributed by atoms with E-state index in [1.807, 2.05) is 20.0 Å². The molecule has 0 atom stereocenters. The standard InChI is InChI=1S/C19H16ClN5OS/c1-11-7-17(24(2)23-11)25-15(18(26)13-5-3-4-6-14(13)20)8-12-9-21-16(10-27)22-19(12)25/h3-9,27H,10H2,1-2H3. The van der Waals surface area contributed by atoms with Gasteiger partial charge in [-0.1, -0.05) is 23.7 Å². The third-order valence-corrected chi connectivity index (χ3v) is 4.90. The highest BCUT2D eigenvalue weighted by molar-refractivity contribution is 7.79. The molecule has 0 radical (unpaired) electrons. The smallest absolute Gasteiger partial charge is 0.211 e. The lowest BCUT2D eigenvalue weighted by atomic mass is 10.1. The summed E-state index contributed by atoms with van der Waals surface area (Å²) < 4.78 is 3.52. The number of carbonyl (C=O) groups excluding carboxylic acids is 1. The van der Waals surface area contributed by atoms with Crippen LogP contribution < -0.4 is 0 Å². The summed E-state index contributed by atoms with van der Waals surface area (Å²) in [5, 5.41) is 5.57. The molecule has 0 N–H and O–H groups in total. The van der Waals surface area contributed by atoms with Gasteiger partial charge in [-0.2, -0.15) is 17.7 Å². The fourth-order valence-electron chi connectivity index (χ4n) is 3.09. The monoisotopic (exact) mass is 397 g/mol. The van der Waals surface area contributed by atoms with Crippen molar-refractivity contribution in [3.8, 4) is 5.82 Å². The molecule has 6 nitrogen and oxygen atoms in total. The van der Waals surface area contributed by atoms with Crippen LogP contribution in [0.3, 0.4) is 0 Å². The number of rotatable bonds is 4. The summed E-state index contributed by atoms with van der Waals surface area (Å²) in [6, 6.07) is 10.7. The number of benzene rings is 1. The van der Waals surface area contributed by atoms with Crippen molar-refractivity contribution in [2.75, 3.05) is 0 Å². The molecule has 3 heterocycles. The van der Waals surface area contributed by atoms with Crippen LogP contribution in [0, 0.1) is 6.92 Å². The topological polar surface area (TPSA) is 65.6 Å². The van der Waals surface area contributed by atoms with Crippen molar-refractivity contribution >= 4 is 41.0 Å². The zero-order valence-electron chi connectivity index (χ0n) is 14.7. The molecule has 0 aliphatic carbocycles. The molecule has 0 fully saturated rings. The van der Waals surface area contributed by atoms with Crippen LogP contribution in [0.5, 0.6) is 0 Å². The average molecular weight is 398 g/mol. The van der Waals surface area contributed by atoms with Crippen LogP contribution >= 0.6 is 24.2 Å². The first-order valence-electron chi connectivity index (χ1n) is 8.28. The van der Waals surface area contributed by atoms with E-state index < -0.39 is 0 Å². The van der Waals surface area contributed by atoms with Crippen molar-refractivity contribution in [3.63, 3.8) is 0 Å². The molecular formula is C19H16ClN5OS. The number of halogens is 1. The van der Waals surface area contributed by atoms with Crippen LogP contribution in [0.15, 0.2) is 42.6 Å². The molecule has 0 saturated heterocycles. The molecule has 0 aliphatic heterocycles. The highest BCUT2D eigenvalue weighted by Crippen LogP contribution is 2.27. The fourth-order valence-corrected chi connectivity index (χ4v) is 3.46. The van der Waals surface area contributed by atoms with Gasteiger partial charge in [-0.15, -0.1) is 0 Å². The Kier molecular flexibility index (Phi) is 4.49. The summed E-state index contributed by atoms with van der Waals surface area (Å²) in [4.78, 5) is 22.2. The Labute approximate surface area is 166 Å². The van der Waals surface area contributed by atoms with Gasteiger partial charge < -0.3 is 0 Å². The largest absolute Gasteiger partial charge is 0.287 e. The molecule has 4 rings (SSSR count). The van der Waals surface area contributed by atoms with Crippen LogP contribution in [-0.2, 0) is 12.8 Å². The van der Waals surface area contributed by atoms with Gasteiger partial charge in [-0.05, 0) is 25.1 Å². The minimum atomic E-state index is -0.190.